The molecule has 0 spiro atoms. The summed E-state index contributed by atoms with van der Waals surface area (Å²) in [7, 11) is 3.18. The van der Waals surface area contributed by atoms with Crippen LogP contribution in [0, 0.1) is 13.8 Å². The molecule has 1 aliphatic heterocycles. The van der Waals surface area contributed by atoms with Crippen molar-refractivity contribution in [3.05, 3.63) is 64.4 Å². The van der Waals surface area contributed by atoms with E-state index in [1.807, 2.05) is 51.1 Å². The standard InChI is InChI=1S/C22H25N3O3S/c1-12-6-7-13(2)17(10-12)24-21(26)19-14(3)23-22(29)25-20(19)16-9-8-15(27-4)11-18(16)28-5/h6-11,20H,1-5H3,(H,24,26)(H2,23,25,29). The predicted molar refractivity (Wildman–Crippen MR) is 118 cm³/mol. The highest BCUT2D eigenvalue weighted by molar-refractivity contribution is 7.80. The Bertz CT molecular complexity index is 1000. The van der Waals surface area contributed by atoms with Gasteiger partial charge in [-0.25, -0.2) is 0 Å². The van der Waals surface area contributed by atoms with Crippen molar-refractivity contribution in [2.75, 3.05) is 19.5 Å². The van der Waals surface area contributed by atoms with E-state index >= 15 is 0 Å². The molecular formula is C22H25N3O3S. The van der Waals surface area contributed by atoms with Crippen molar-refractivity contribution in [2.45, 2.75) is 26.8 Å². The lowest BCUT2D eigenvalue weighted by atomic mass is 9.94. The zero-order valence-electron chi connectivity index (χ0n) is 17.2. The third-order valence-corrected chi connectivity index (χ3v) is 5.13. The van der Waals surface area contributed by atoms with E-state index in [0.717, 1.165) is 22.4 Å². The molecule has 1 aliphatic rings. The third-order valence-electron chi connectivity index (χ3n) is 4.91. The van der Waals surface area contributed by atoms with Gasteiger partial charge >= 0.3 is 0 Å². The van der Waals surface area contributed by atoms with Crippen LogP contribution in [0.2, 0.25) is 0 Å². The summed E-state index contributed by atoms with van der Waals surface area (Å²) in [5, 5.41) is 9.75. The summed E-state index contributed by atoms with van der Waals surface area (Å²) >= 11 is 5.34. The lowest BCUT2D eigenvalue weighted by molar-refractivity contribution is -0.113. The Kier molecular flexibility index (Phi) is 6.08. The van der Waals surface area contributed by atoms with Crippen LogP contribution in [0.15, 0.2) is 47.7 Å². The fourth-order valence-corrected chi connectivity index (χ4v) is 3.62. The van der Waals surface area contributed by atoms with Gasteiger partial charge in [0.1, 0.15) is 11.5 Å². The zero-order chi connectivity index (χ0) is 21.1. The number of hydrogen-bond donors (Lipinski definition) is 3. The molecule has 1 unspecified atom stereocenters. The first-order valence-corrected chi connectivity index (χ1v) is 9.63. The quantitative estimate of drug-likeness (QED) is 0.651. The summed E-state index contributed by atoms with van der Waals surface area (Å²) in [4.78, 5) is 13.3. The second kappa shape index (κ2) is 8.53. The van der Waals surface area contributed by atoms with Crippen LogP contribution < -0.4 is 25.4 Å². The Morgan fingerprint density at radius 2 is 1.83 bits per heavy atom. The molecule has 29 heavy (non-hydrogen) atoms. The largest absolute Gasteiger partial charge is 0.497 e. The van der Waals surface area contributed by atoms with Crippen molar-refractivity contribution in [1.29, 1.82) is 0 Å². The molecule has 0 radical (unpaired) electrons. The highest BCUT2D eigenvalue weighted by atomic mass is 32.1. The number of benzene rings is 2. The number of amides is 1. The summed E-state index contributed by atoms with van der Waals surface area (Å²) < 4.78 is 10.8. The minimum atomic E-state index is -0.463. The molecule has 1 amide bonds. The molecule has 0 aliphatic carbocycles. The fraction of sp³-hybridized carbons (Fsp3) is 0.273. The van der Waals surface area contributed by atoms with Gasteiger partial charge in [-0.3, -0.25) is 4.79 Å². The molecular weight excluding hydrogens is 386 g/mol. The number of hydrogen-bond acceptors (Lipinski definition) is 4. The number of nitrogens with one attached hydrogen (secondary N) is 3. The van der Waals surface area contributed by atoms with Gasteiger partial charge in [0.15, 0.2) is 5.11 Å². The van der Waals surface area contributed by atoms with Gasteiger partial charge in [-0.1, -0.05) is 12.1 Å². The van der Waals surface area contributed by atoms with Gasteiger partial charge in [-0.15, -0.1) is 0 Å². The number of methoxy groups -OCH3 is 2. The zero-order valence-corrected chi connectivity index (χ0v) is 18.0. The first kappa shape index (κ1) is 20.7. The van der Waals surface area contributed by atoms with Crippen LogP contribution in [0.3, 0.4) is 0 Å². The molecule has 2 aromatic carbocycles. The van der Waals surface area contributed by atoms with Gasteiger partial charge in [0.05, 0.1) is 25.8 Å². The molecule has 0 saturated carbocycles. The van der Waals surface area contributed by atoms with Crippen molar-refractivity contribution in [2.24, 2.45) is 0 Å². The highest BCUT2D eigenvalue weighted by Crippen LogP contribution is 2.36. The molecule has 1 atom stereocenters. The van der Waals surface area contributed by atoms with Gasteiger partial charge in [0.2, 0.25) is 0 Å². The van der Waals surface area contributed by atoms with Crippen molar-refractivity contribution < 1.29 is 14.3 Å². The van der Waals surface area contributed by atoms with Crippen LogP contribution in [0.25, 0.3) is 0 Å². The molecule has 152 valence electrons. The number of anilines is 1. The topological polar surface area (TPSA) is 71.6 Å². The predicted octanol–water partition coefficient (Wildman–Crippen LogP) is 3.75. The summed E-state index contributed by atoms with van der Waals surface area (Å²) in [6.45, 7) is 5.80. The molecule has 7 heteroatoms. The van der Waals surface area contributed by atoms with Crippen molar-refractivity contribution in [3.63, 3.8) is 0 Å². The average Bonchev–Trinajstić information content (AvgIpc) is 2.69. The maximum atomic E-state index is 13.3. The molecule has 0 fully saturated rings. The van der Waals surface area contributed by atoms with Crippen molar-refractivity contribution >= 4 is 28.9 Å². The van der Waals surface area contributed by atoms with Crippen LogP contribution in [-0.2, 0) is 4.79 Å². The monoisotopic (exact) mass is 411 g/mol. The van der Waals surface area contributed by atoms with Crippen LogP contribution in [0.5, 0.6) is 11.5 Å². The van der Waals surface area contributed by atoms with E-state index in [-0.39, 0.29) is 5.91 Å². The van der Waals surface area contributed by atoms with E-state index in [4.69, 9.17) is 21.7 Å². The van der Waals surface area contributed by atoms with Crippen LogP contribution in [0.4, 0.5) is 5.69 Å². The molecule has 1 heterocycles. The highest BCUT2D eigenvalue weighted by Gasteiger charge is 2.32. The van der Waals surface area contributed by atoms with Crippen LogP contribution in [0.1, 0.15) is 29.7 Å². The molecule has 2 aromatic rings. The number of rotatable bonds is 5. The van der Waals surface area contributed by atoms with Crippen molar-refractivity contribution in [1.82, 2.24) is 10.6 Å². The number of ether oxygens (including phenoxy) is 2. The fourth-order valence-electron chi connectivity index (χ4n) is 3.35. The second-order valence-corrected chi connectivity index (χ2v) is 7.36. The first-order valence-electron chi connectivity index (χ1n) is 9.23. The molecule has 0 bridgehead atoms. The Morgan fingerprint density at radius 3 is 2.52 bits per heavy atom. The number of aryl methyl sites for hydroxylation is 2. The van der Waals surface area contributed by atoms with Gasteiger partial charge in [0, 0.05) is 23.0 Å². The number of allylic oxidation sites excluding steroid dienone is 1. The molecule has 3 rings (SSSR count). The smallest absolute Gasteiger partial charge is 0.255 e. The average molecular weight is 412 g/mol. The van der Waals surface area contributed by atoms with Gasteiger partial charge in [-0.05, 0) is 62.3 Å². The Hall–Kier alpha value is -3.06. The first-order chi connectivity index (χ1) is 13.8. The van der Waals surface area contributed by atoms with Crippen LogP contribution >= 0.6 is 12.2 Å². The normalized spacial score (nSPS) is 16.0. The molecule has 0 saturated heterocycles. The molecule has 3 N–H and O–H groups in total. The van der Waals surface area contributed by atoms with E-state index in [1.54, 1.807) is 20.3 Å². The number of carbonyl (C=O) groups is 1. The van der Waals surface area contributed by atoms with E-state index in [0.29, 0.717) is 27.9 Å². The van der Waals surface area contributed by atoms with Crippen LogP contribution in [-0.4, -0.2) is 25.2 Å². The molecule has 6 nitrogen and oxygen atoms in total. The van der Waals surface area contributed by atoms with Crippen molar-refractivity contribution in [3.8, 4) is 11.5 Å². The summed E-state index contributed by atoms with van der Waals surface area (Å²) in [5.41, 5.74) is 4.88. The summed E-state index contributed by atoms with van der Waals surface area (Å²) in [5.74, 6) is 1.07. The Labute approximate surface area is 176 Å². The van der Waals surface area contributed by atoms with E-state index < -0.39 is 6.04 Å². The van der Waals surface area contributed by atoms with E-state index in [1.165, 1.54) is 0 Å². The maximum absolute atomic E-state index is 13.3. The lowest BCUT2D eigenvalue weighted by Gasteiger charge is -2.31. The van der Waals surface area contributed by atoms with Gasteiger partial charge in [0.25, 0.3) is 5.91 Å². The SMILES string of the molecule is COc1ccc(C2NC(=S)NC(C)=C2C(=O)Nc2cc(C)ccc2C)c(OC)c1. The minimum Gasteiger partial charge on any atom is -0.497 e. The number of thiocarbonyl (C=S) groups is 1. The van der Waals surface area contributed by atoms with E-state index in [9.17, 15) is 4.79 Å². The lowest BCUT2D eigenvalue weighted by Crippen LogP contribution is -2.45. The second-order valence-electron chi connectivity index (χ2n) is 6.95. The van der Waals surface area contributed by atoms with Gasteiger partial charge in [-0.2, -0.15) is 0 Å². The third kappa shape index (κ3) is 4.35. The van der Waals surface area contributed by atoms with Gasteiger partial charge < -0.3 is 25.4 Å². The maximum Gasteiger partial charge on any atom is 0.255 e. The molecule has 0 aromatic heterocycles. The Balaban J connectivity index is 2.02. The van der Waals surface area contributed by atoms with E-state index in [2.05, 4.69) is 16.0 Å². The summed E-state index contributed by atoms with van der Waals surface area (Å²) in [6, 6.07) is 11.0. The number of carbonyl (C=O) groups excluding carboxylic acids is 1. The Morgan fingerprint density at radius 1 is 1.07 bits per heavy atom. The summed E-state index contributed by atoms with van der Waals surface area (Å²) in [6.07, 6.45) is 0. The minimum absolute atomic E-state index is 0.207.